The Morgan fingerprint density at radius 2 is 1.83 bits per heavy atom. The topological polar surface area (TPSA) is 88.2 Å². The first-order valence-electron chi connectivity index (χ1n) is 12.6. The molecule has 3 N–H and O–H groups in total. The van der Waals surface area contributed by atoms with E-state index in [2.05, 4.69) is 33.8 Å². The van der Waals surface area contributed by atoms with E-state index < -0.39 is 17.7 Å². The molecule has 0 radical (unpaired) electrons. The minimum Gasteiger partial charge on any atom is -0.444 e. The molecule has 1 aliphatic carbocycles. The average molecular weight is 487 g/mol. The van der Waals surface area contributed by atoms with Crippen LogP contribution in [0.4, 0.5) is 4.79 Å². The van der Waals surface area contributed by atoms with E-state index in [1.165, 1.54) is 10.9 Å². The maximum atomic E-state index is 13.7. The molecule has 0 spiro atoms. The summed E-state index contributed by atoms with van der Waals surface area (Å²) in [5.74, 6) is -0.217. The van der Waals surface area contributed by atoms with Crippen LogP contribution in [0.2, 0.25) is 0 Å². The maximum Gasteiger partial charge on any atom is 0.408 e. The number of hydrogen-bond acceptors (Lipinski definition) is 3. The van der Waals surface area contributed by atoms with Crippen LogP contribution >= 0.6 is 0 Å². The summed E-state index contributed by atoms with van der Waals surface area (Å²) in [6.07, 6.45) is 4.61. The predicted molar refractivity (Wildman–Crippen MR) is 142 cm³/mol. The van der Waals surface area contributed by atoms with Gasteiger partial charge in [0, 0.05) is 47.2 Å². The van der Waals surface area contributed by atoms with Crippen LogP contribution in [0.15, 0.2) is 54.7 Å². The number of nitrogens with one attached hydrogen (secondary N) is 3. The minimum absolute atomic E-state index is 0.135. The maximum absolute atomic E-state index is 13.7. The lowest BCUT2D eigenvalue weighted by Gasteiger charge is -2.27. The summed E-state index contributed by atoms with van der Waals surface area (Å²) in [5, 5.41) is 8.36. The Kier molecular flexibility index (Phi) is 6.24. The average Bonchev–Trinajstić information content (AvgIpc) is 3.36. The summed E-state index contributed by atoms with van der Waals surface area (Å²) >= 11 is 0. The predicted octanol–water partition coefficient (Wildman–Crippen LogP) is 5.29. The zero-order valence-electron chi connectivity index (χ0n) is 21.4. The van der Waals surface area contributed by atoms with Gasteiger partial charge < -0.3 is 24.9 Å². The number of hydrogen-bond donors (Lipinski definition) is 3. The number of amides is 2. The number of carbonyl (C=O) groups is 2. The molecule has 0 bridgehead atoms. The lowest BCUT2D eigenvalue weighted by atomic mass is 9.91. The largest absolute Gasteiger partial charge is 0.444 e. The van der Waals surface area contributed by atoms with Crippen molar-refractivity contribution in [1.29, 1.82) is 0 Å². The summed E-state index contributed by atoms with van der Waals surface area (Å²) < 4.78 is 7.54. The van der Waals surface area contributed by atoms with E-state index in [1.54, 1.807) is 0 Å². The van der Waals surface area contributed by atoms with Gasteiger partial charge in [-0.05, 0) is 63.3 Å². The van der Waals surface area contributed by atoms with Gasteiger partial charge in [0.15, 0.2) is 0 Å². The van der Waals surface area contributed by atoms with E-state index >= 15 is 0 Å². The minimum atomic E-state index is -0.777. The lowest BCUT2D eigenvalue weighted by molar-refractivity contribution is -0.124. The van der Waals surface area contributed by atoms with Crippen molar-refractivity contribution >= 4 is 33.8 Å². The Bertz CT molecular complexity index is 1430. The van der Waals surface area contributed by atoms with E-state index in [4.69, 9.17) is 4.74 Å². The molecule has 0 aliphatic heterocycles. The summed E-state index contributed by atoms with van der Waals surface area (Å²) in [6.45, 7) is 5.43. The number of nitrogens with zero attached hydrogens (tertiary/aromatic N) is 1. The van der Waals surface area contributed by atoms with Crippen molar-refractivity contribution in [2.45, 2.75) is 64.1 Å². The number of aryl methyl sites for hydroxylation is 2. The van der Waals surface area contributed by atoms with Crippen molar-refractivity contribution in [3.8, 4) is 0 Å². The number of aromatic amines is 1. The van der Waals surface area contributed by atoms with Crippen molar-refractivity contribution < 1.29 is 14.3 Å². The third-order valence-electron chi connectivity index (χ3n) is 6.84. The number of rotatable bonds is 5. The number of H-pyrrole nitrogens is 1. The number of ether oxygens (including phenoxy) is 1. The fourth-order valence-corrected chi connectivity index (χ4v) is 5.30. The van der Waals surface area contributed by atoms with E-state index in [-0.39, 0.29) is 11.9 Å². The molecule has 7 nitrogen and oxygen atoms in total. The molecule has 2 heterocycles. The number of fused-ring (bicyclic) bond motifs is 4. The number of para-hydroxylation sites is 2. The van der Waals surface area contributed by atoms with E-state index in [0.717, 1.165) is 46.9 Å². The van der Waals surface area contributed by atoms with Crippen LogP contribution in [0.1, 0.15) is 56.5 Å². The molecule has 2 amide bonds. The Morgan fingerprint density at radius 1 is 1.11 bits per heavy atom. The molecule has 0 saturated heterocycles. The molecule has 36 heavy (non-hydrogen) atoms. The first-order valence-corrected chi connectivity index (χ1v) is 12.6. The van der Waals surface area contributed by atoms with Gasteiger partial charge in [-0.3, -0.25) is 4.79 Å². The van der Waals surface area contributed by atoms with E-state index in [0.29, 0.717) is 6.42 Å². The molecular weight excluding hydrogens is 452 g/mol. The number of alkyl carbamates (subject to hydrolysis) is 1. The van der Waals surface area contributed by atoms with Crippen molar-refractivity contribution in [2.24, 2.45) is 7.05 Å². The standard InChI is InChI=1S/C29H34N4O3/c1-29(2,3)36-28(35)32-24(16-18-17-33(4)25-15-8-6-10-19(18)25)27(34)31-23-14-9-12-21-20-11-5-7-13-22(20)30-26(21)23/h5-8,10-11,13,15,17,23-24,30H,9,12,14,16H2,1-4H3,(H,31,34)(H,32,35)/t23-,24-/m0/s1. The zero-order valence-corrected chi connectivity index (χ0v) is 21.4. The van der Waals surface area contributed by atoms with Crippen LogP contribution in [0, 0.1) is 0 Å². The van der Waals surface area contributed by atoms with Gasteiger partial charge in [0.25, 0.3) is 0 Å². The highest BCUT2D eigenvalue weighted by Gasteiger charge is 2.30. The molecule has 0 saturated carbocycles. The summed E-state index contributed by atoms with van der Waals surface area (Å²) in [5.41, 5.74) is 4.85. The van der Waals surface area contributed by atoms with Crippen LogP contribution in [0.25, 0.3) is 21.8 Å². The van der Waals surface area contributed by atoms with Gasteiger partial charge in [0.05, 0.1) is 6.04 Å². The molecule has 4 aromatic rings. The molecular formula is C29H34N4O3. The van der Waals surface area contributed by atoms with Gasteiger partial charge >= 0.3 is 6.09 Å². The van der Waals surface area contributed by atoms with Crippen LogP contribution in [-0.4, -0.2) is 33.2 Å². The van der Waals surface area contributed by atoms with E-state index in [1.807, 2.05) is 68.9 Å². The highest BCUT2D eigenvalue weighted by molar-refractivity contribution is 5.90. The summed E-state index contributed by atoms with van der Waals surface area (Å²) in [6, 6.07) is 15.4. The lowest BCUT2D eigenvalue weighted by Crippen LogP contribution is -2.50. The molecule has 2 aromatic carbocycles. The quantitative estimate of drug-likeness (QED) is 0.358. The molecule has 188 valence electrons. The Labute approximate surface area is 211 Å². The molecule has 1 aliphatic rings. The summed E-state index contributed by atoms with van der Waals surface area (Å²) in [7, 11) is 1.99. The van der Waals surface area contributed by atoms with Crippen molar-refractivity contribution in [1.82, 2.24) is 20.2 Å². The van der Waals surface area contributed by atoms with Gasteiger partial charge in [-0.2, -0.15) is 0 Å². The molecule has 7 heteroatoms. The van der Waals surface area contributed by atoms with Crippen LogP contribution in [-0.2, 0) is 29.4 Å². The van der Waals surface area contributed by atoms with Crippen molar-refractivity contribution in [3.63, 3.8) is 0 Å². The highest BCUT2D eigenvalue weighted by atomic mass is 16.6. The van der Waals surface area contributed by atoms with E-state index in [9.17, 15) is 9.59 Å². The summed E-state index contributed by atoms with van der Waals surface area (Å²) in [4.78, 5) is 29.9. The second kappa shape index (κ2) is 9.37. The first kappa shape index (κ1) is 24.0. The second-order valence-corrected chi connectivity index (χ2v) is 10.7. The monoisotopic (exact) mass is 486 g/mol. The van der Waals surface area contributed by atoms with Gasteiger partial charge in [-0.15, -0.1) is 0 Å². The van der Waals surface area contributed by atoms with Crippen LogP contribution in [0.5, 0.6) is 0 Å². The van der Waals surface area contributed by atoms with Crippen molar-refractivity contribution in [3.05, 3.63) is 71.5 Å². The fourth-order valence-electron chi connectivity index (χ4n) is 5.30. The third kappa shape index (κ3) is 4.83. The van der Waals surface area contributed by atoms with Gasteiger partial charge in [0.1, 0.15) is 11.6 Å². The SMILES string of the molecule is Cn1cc(C[C@H](NC(=O)OC(C)(C)C)C(=O)N[C@H]2CCCc3c2[nH]c2ccccc32)c2ccccc21. The van der Waals surface area contributed by atoms with Gasteiger partial charge in [-0.25, -0.2) is 4.79 Å². The molecule has 0 unspecified atom stereocenters. The molecule has 5 rings (SSSR count). The smallest absolute Gasteiger partial charge is 0.408 e. The number of benzene rings is 2. The third-order valence-corrected chi connectivity index (χ3v) is 6.84. The highest BCUT2D eigenvalue weighted by Crippen LogP contribution is 2.34. The van der Waals surface area contributed by atoms with Gasteiger partial charge in [-0.1, -0.05) is 36.4 Å². The Morgan fingerprint density at radius 3 is 2.61 bits per heavy atom. The molecule has 0 fully saturated rings. The van der Waals surface area contributed by atoms with Crippen molar-refractivity contribution in [2.75, 3.05) is 0 Å². The normalized spacial score (nSPS) is 16.5. The number of carbonyl (C=O) groups excluding carboxylic acids is 2. The molecule has 2 aromatic heterocycles. The molecule has 2 atom stereocenters. The Balaban J connectivity index is 1.42. The zero-order chi connectivity index (χ0) is 25.4. The number of aromatic nitrogens is 2. The first-order chi connectivity index (χ1) is 17.2. The fraction of sp³-hybridized carbons (Fsp3) is 0.379. The Hall–Kier alpha value is -3.74. The van der Waals surface area contributed by atoms with Crippen LogP contribution in [0.3, 0.4) is 0 Å². The van der Waals surface area contributed by atoms with Crippen LogP contribution < -0.4 is 10.6 Å². The second-order valence-electron chi connectivity index (χ2n) is 10.7. The van der Waals surface area contributed by atoms with Gasteiger partial charge in [0.2, 0.25) is 5.91 Å².